The van der Waals surface area contributed by atoms with Gasteiger partial charge in [0, 0.05) is 37.2 Å². The average molecular weight is 374 g/mol. The maximum absolute atomic E-state index is 5.64. The highest BCUT2D eigenvalue weighted by atomic mass is 16.5. The number of anilines is 1. The van der Waals surface area contributed by atoms with Crippen molar-refractivity contribution in [3.05, 3.63) is 36.4 Å². The minimum Gasteiger partial charge on any atom is -0.493 e. The van der Waals surface area contributed by atoms with Crippen molar-refractivity contribution in [2.45, 2.75) is 40.8 Å². The van der Waals surface area contributed by atoms with Crippen molar-refractivity contribution in [2.75, 3.05) is 25.6 Å². The van der Waals surface area contributed by atoms with Crippen LogP contribution in [0.2, 0.25) is 0 Å². The Morgan fingerprint density at radius 3 is 2.74 bits per heavy atom. The highest BCUT2D eigenvalue weighted by molar-refractivity contribution is 5.93. The molecule has 0 unspecified atom stereocenters. The Labute approximate surface area is 161 Å². The number of hydrogen-bond acceptors (Lipinski definition) is 4. The predicted molar refractivity (Wildman–Crippen MR) is 110 cm³/mol. The third-order valence-corrected chi connectivity index (χ3v) is 3.81. The SMILES string of the molecule is CCNC(=NCc1nccn1CC(C)C)Nc1ccc(OC)c(OCC)c1. The van der Waals surface area contributed by atoms with Crippen LogP contribution < -0.4 is 20.1 Å². The van der Waals surface area contributed by atoms with Crippen LogP contribution in [0.1, 0.15) is 33.5 Å². The van der Waals surface area contributed by atoms with Crippen LogP contribution in [0.3, 0.4) is 0 Å². The van der Waals surface area contributed by atoms with Gasteiger partial charge in [-0.2, -0.15) is 0 Å². The second-order valence-electron chi connectivity index (χ2n) is 6.51. The molecule has 0 aliphatic heterocycles. The molecule has 0 aliphatic carbocycles. The van der Waals surface area contributed by atoms with Crippen molar-refractivity contribution in [1.82, 2.24) is 14.9 Å². The van der Waals surface area contributed by atoms with Gasteiger partial charge in [0.2, 0.25) is 0 Å². The summed E-state index contributed by atoms with van der Waals surface area (Å²) in [6.07, 6.45) is 3.83. The molecule has 0 fully saturated rings. The summed E-state index contributed by atoms with van der Waals surface area (Å²) in [5, 5.41) is 6.58. The van der Waals surface area contributed by atoms with E-state index in [1.807, 2.05) is 44.4 Å². The quantitative estimate of drug-likeness (QED) is 0.520. The van der Waals surface area contributed by atoms with Gasteiger partial charge < -0.3 is 24.7 Å². The van der Waals surface area contributed by atoms with E-state index in [0.717, 1.165) is 24.6 Å². The molecule has 1 heterocycles. The van der Waals surface area contributed by atoms with Crippen LogP contribution in [0, 0.1) is 5.92 Å². The number of aliphatic imine (C=N–C) groups is 1. The summed E-state index contributed by atoms with van der Waals surface area (Å²) in [5.74, 6) is 3.62. The first-order valence-electron chi connectivity index (χ1n) is 9.43. The Hall–Kier alpha value is -2.70. The van der Waals surface area contributed by atoms with Crippen LogP contribution in [-0.4, -0.2) is 35.8 Å². The standard InChI is InChI=1S/C20H31N5O2/c1-6-21-20(23-13-19-22-10-11-25(19)14-15(3)4)24-16-8-9-17(26-5)18(12-16)27-7-2/h8-12,15H,6-7,13-14H2,1-5H3,(H2,21,23,24). The third kappa shape index (κ3) is 6.20. The van der Waals surface area contributed by atoms with Gasteiger partial charge in [0.15, 0.2) is 17.5 Å². The average Bonchev–Trinajstić information content (AvgIpc) is 3.07. The van der Waals surface area contributed by atoms with E-state index >= 15 is 0 Å². The van der Waals surface area contributed by atoms with Crippen molar-refractivity contribution in [3.8, 4) is 11.5 Å². The maximum atomic E-state index is 5.64. The normalized spacial score (nSPS) is 11.6. The molecule has 1 aromatic carbocycles. The van der Waals surface area contributed by atoms with Crippen molar-refractivity contribution in [3.63, 3.8) is 0 Å². The van der Waals surface area contributed by atoms with Gasteiger partial charge in [-0.1, -0.05) is 13.8 Å². The van der Waals surface area contributed by atoms with Gasteiger partial charge in [0.1, 0.15) is 12.4 Å². The van der Waals surface area contributed by atoms with E-state index in [9.17, 15) is 0 Å². The molecule has 2 aromatic rings. The molecular weight excluding hydrogens is 342 g/mol. The Bertz CT molecular complexity index is 740. The van der Waals surface area contributed by atoms with Gasteiger partial charge in [-0.05, 0) is 31.9 Å². The Balaban J connectivity index is 2.14. The lowest BCUT2D eigenvalue weighted by molar-refractivity contribution is 0.311. The smallest absolute Gasteiger partial charge is 0.196 e. The molecule has 0 amide bonds. The van der Waals surface area contributed by atoms with Crippen LogP contribution in [0.15, 0.2) is 35.6 Å². The van der Waals surface area contributed by atoms with E-state index < -0.39 is 0 Å². The van der Waals surface area contributed by atoms with E-state index in [-0.39, 0.29) is 0 Å². The molecule has 27 heavy (non-hydrogen) atoms. The first-order valence-corrected chi connectivity index (χ1v) is 9.43. The number of hydrogen-bond donors (Lipinski definition) is 2. The first-order chi connectivity index (χ1) is 13.1. The van der Waals surface area contributed by atoms with Crippen molar-refractivity contribution in [2.24, 2.45) is 10.9 Å². The zero-order valence-corrected chi connectivity index (χ0v) is 17.0. The number of methoxy groups -OCH3 is 1. The summed E-state index contributed by atoms with van der Waals surface area (Å²) in [4.78, 5) is 9.11. The number of benzene rings is 1. The predicted octanol–water partition coefficient (Wildman–Crippen LogP) is 3.52. The molecule has 2 rings (SSSR count). The molecule has 2 N–H and O–H groups in total. The van der Waals surface area contributed by atoms with Gasteiger partial charge in [0.25, 0.3) is 0 Å². The number of nitrogens with one attached hydrogen (secondary N) is 2. The number of guanidine groups is 1. The second kappa shape index (κ2) is 10.4. The zero-order chi connectivity index (χ0) is 19.6. The third-order valence-electron chi connectivity index (χ3n) is 3.81. The Morgan fingerprint density at radius 2 is 2.07 bits per heavy atom. The molecule has 0 bridgehead atoms. The molecule has 148 valence electrons. The highest BCUT2D eigenvalue weighted by Gasteiger charge is 2.08. The minimum atomic E-state index is 0.503. The molecule has 7 heteroatoms. The highest BCUT2D eigenvalue weighted by Crippen LogP contribution is 2.30. The molecule has 0 saturated carbocycles. The van der Waals surface area contributed by atoms with Gasteiger partial charge >= 0.3 is 0 Å². The summed E-state index contributed by atoms with van der Waals surface area (Å²) in [6.45, 7) is 11.2. The Morgan fingerprint density at radius 1 is 1.26 bits per heavy atom. The fraction of sp³-hybridized carbons (Fsp3) is 0.500. The molecule has 0 atom stereocenters. The van der Waals surface area contributed by atoms with E-state index in [1.165, 1.54) is 0 Å². The van der Waals surface area contributed by atoms with Crippen LogP contribution in [0.5, 0.6) is 11.5 Å². The molecule has 0 saturated heterocycles. The number of ether oxygens (including phenoxy) is 2. The van der Waals surface area contributed by atoms with E-state index in [0.29, 0.717) is 36.5 Å². The van der Waals surface area contributed by atoms with E-state index in [2.05, 4.69) is 39.0 Å². The lowest BCUT2D eigenvalue weighted by atomic mass is 10.2. The van der Waals surface area contributed by atoms with E-state index in [4.69, 9.17) is 9.47 Å². The zero-order valence-electron chi connectivity index (χ0n) is 17.0. The lowest BCUT2D eigenvalue weighted by Crippen LogP contribution is -2.30. The number of rotatable bonds is 9. The largest absolute Gasteiger partial charge is 0.493 e. The minimum absolute atomic E-state index is 0.503. The second-order valence-corrected chi connectivity index (χ2v) is 6.51. The van der Waals surface area contributed by atoms with E-state index in [1.54, 1.807) is 7.11 Å². The number of aromatic nitrogens is 2. The Kier molecular flexibility index (Phi) is 7.98. The fourth-order valence-electron chi connectivity index (χ4n) is 2.67. The number of nitrogens with zero attached hydrogens (tertiary/aromatic N) is 3. The van der Waals surface area contributed by atoms with Gasteiger partial charge in [0.05, 0.1) is 13.7 Å². The lowest BCUT2D eigenvalue weighted by Gasteiger charge is -2.15. The monoisotopic (exact) mass is 373 g/mol. The molecule has 0 aliphatic rings. The maximum Gasteiger partial charge on any atom is 0.196 e. The molecular formula is C20H31N5O2. The van der Waals surface area contributed by atoms with Crippen LogP contribution >= 0.6 is 0 Å². The van der Waals surface area contributed by atoms with Crippen molar-refractivity contribution >= 4 is 11.6 Å². The van der Waals surface area contributed by atoms with Gasteiger partial charge in [-0.25, -0.2) is 9.98 Å². The van der Waals surface area contributed by atoms with Crippen molar-refractivity contribution < 1.29 is 9.47 Å². The van der Waals surface area contributed by atoms with Crippen molar-refractivity contribution in [1.29, 1.82) is 0 Å². The summed E-state index contributed by atoms with van der Waals surface area (Å²) in [6, 6.07) is 5.73. The molecule has 0 spiro atoms. The fourth-order valence-corrected chi connectivity index (χ4v) is 2.67. The van der Waals surface area contributed by atoms with Gasteiger partial charge in [-0.15, -0.1) is 0 Å². The van der Waals surface area contributed by atoms with Crippen LogP contribution in [-0.2, 0) is 13.1 Å². The summed E-state index contributed by atoms with van der Waals surface area (Å²) in [5.41, 5.74) is 0.879. The summed E-state index contributed by atoms with van der Waals surface area (Å²) in [7, 11) is 1.63. The van der Waals surface area contributed by atoms with Crippen LogP contribution in [0.4, 0.5) is 5.69 Å². The summed E-state index contributed by atoms with van der Waals surface area (Å²) < 4.78 is 13.1. The molecule has 1 aromatic heterocycles. The topological polar surface area (TPSA) is 72.7 Å². The molecule has 0 radical (unpaired) electrons. The summed E-state index contributed by atoms with van der Waals surface area (Å²) >= 11 is 0. The number of imidazole rings is 1. The first kappa shape index (κ1) is 20.6. The molecule has 7 nitrogen and oxygen atoms in total. The van der Waals surface area contributed by atoms with Gasteiger partial charge in [-0.3, -0.25) is 0 Å². The van der Waals surface area contributed by atoms with Crippen LogP contribution in [0.25, 0.3) is 0 Å².